The van der Waals surface area contributed by atoms with Crippen molar-refractivity contribution in [3.05, 3.63) is 57.0 Å². The number of ether oxygens (including phenoxy) is 1. The third-order valence-electron chi connectivity index (χ3n) is 2.67. The standard InChI is InChI=1S/C15H11Br2NO4/c16-10-3-6-13(12(17)7-10)22-8-14(19)18-11-4-1-9(2-5-11)15(20)21/h1-7H,8H2,(H,18,19)(H,20,21). The van der Waals surface area contributed by atoms with Gasteiger partial charge in [-0.3, -0.25) is 4.79 Å². The van der Waals surface area contributed by atoms with Crippen molar-refractivity contribution in [3.8, 4) is 5.75 Å². The Balaban J connectivity index is 1.91. The number of hydrogen-bond donors (Lipinski definition) is 2. The van der Waals surface area contributed by atoms with E-state index in [1.165, 1.54) is 24.3 Å². The Morgan fingerprint density at radius 1 is 1.09 bits per heavy atom. The number of nitrogens with one attached hydrogen (secondary N) is 1. The molecule has 0 atom stereocenters. The molecule has 2 aromatic rings. The molecule has 0 saturated heterocycles. The number of carboxylic acids is 1. The molecule has 2 rings (SSSR count). The van der Waals surface area contributed by atoms with Crippen LogP contribution in [0.4, 0.5) is 5.69 Å². The zero-order valence-electron chi connectivity index (χ0n) is 11.2. The second-order valence-electron chi connectivity index (χ2n) is 4.29. The van der Waals surface area contributed by atoms with E-state index in [4.69, 9.17) is 9.84 Å². The minimum absolute atomic E-state index is 0.152. The van der Waals surface area contributed by atoms with Crippen LogP contribution in [-0.4, -0.2) is 23.6 Å². The Hall–Kier alpha value is -1.86. The van der Waals surface area contributed by atoms with E-state index in [0.29, 0.717) is 11.4 Å². The van der Waals surface area contributed by atoms with Gasteiger partial charge in [0.1, 0.15) is 5.75 Å². The number of carbonyl (C=O) groups is 2. The van der Waals surface area contributed by atoms with Gasteiger partial charge in [-0.2, -0.15) is 0 Å². The normalized spacial score (nSPS) is 10.1. The van der Waals surface area contributed by atoms with Crippen molar-refractivity contribution in [3.63, 3.8) is 0 Å². The van der Waals surface area contributed by atoms with Crippen molar-refractivity contribution in [1.29, 1.82) is 0 Å². The molecule has 0 aliphatic carbocycles. The van der Waals surface area contributed by atoms with E-state index in [-0.39, 0.29) is 18.1 Å². The Bertz CT molecular complexity index is 701. The van der Waals surface area contributed by atoms with Gasteiger partial charge in [-0.25, -0.2) is 4.79 Å². The molecule has 0 heterocycles. The maximum atomic E-state index is 11.8. The third kappa shape index (κ3) is 4.57. The molecule has 0 bridgehead atoms. The molecule has 2 aromatic carbocycles. The van der Waals surface area contributed by atoms with Gasteiger partial charge < -0.3 is 15.2 Å². The highest BCUT2D eigenvalue weighted by Gasteiger charge is 2.07. The van der Waals surface area contributed by atoms with Crippen LogP contribution in [0.15, 0.2) is 51.4 Å². The van der Waals surface area contributed by atoms with Gasteiger partial charge in [0.15, 0.2) is 6.61 Å². The fourth-order valence-electron chi connectivity index (χ4n) is 1.63. The first-order valence-electron chi connectivity index (χ1n) is 6.17. The van der Waals surface area contributed by atoms with Gasteiger partial charge in [-0.15, -0.1) is 0 Å². The number of carboxylic acid groups (broad SMARTS) is 1. The van der Waals surface area contributed by atoms with Crippen LogP contribution in [0.5, 0.6) is 5.75 Å². The van der Waals surface area contributed by atoms with Crippen LogP contribution in [-0.2, 0) is 4.79 Å². The summed E-state index contributed by atoms with van der Waals surface area (Å²) >= 11 is 6.67. The Morgan fingerprint density at radius 3 is 2.36 bits per heavy atom. The average Bonchev–Trinajstić information content (AvgIpc) is 2.47. The first kappa shape index (κ1) is 16.5. The summed E-state index contributed by atoms with van der Waals surface area (Å²) in [7, 11) is 0. The average molecular weight is 429 g/mol. The summed E-state index contributed by atoms with van der Waals surface area (Å²) in [5, 5.41) is 11.4. The predicted molar refractivity (Wildman–Crippen MR) is 89.4 cm³/mol. The highest BCUT2D eigenvalue weighted by molar-refractivity contribution is 9.11. The van der Waals surface area contributed by atoms with E-state index in [9.17, 15) is 9.59 Å². The number of halogens is 2. The lowest BCUT2D eigenvalue weighted by atomic mass is 10.2. The number of rotatable bonds is 5. The van der Waals surface area contributed by atoms with Crippen LogP contribution in [0.1, 0.15) is 10.4 Å². The van der Waals surface area contributed by atoms with E-state index in [2.05, 4.69) is 37.2 Å². The van der Waals surface area contributed by atoms with Crippen molar-refractivity contribution in [1.82, 2.24) is 0 Å². The number of amides is 1. The molecule has 0 aliphatic heterocycles. The molecule has 114 valence electrons. The first-order chi connectivity index (χ1) is 10.5. The smallest absolute Gasteiger partial charge is 0.335 e. The first-order valence-corrected chi connectivity index (χ1v) is 7.75. The van der Waals surface area contributed by atoms with Crippen molar-refractivity contribution in [2.45, 2.75) is 0 Å². The number of benzene rings is 2. The van der Waals surface area contributed by atoms with Gasteiger partial charge in [0, 0.05) is 10.2 Å². The Kier molecular flexibility index (Phi) is 5.57. The third-order valence-corrected chi connectivity index (χ3v) is 3.78. The lowest BCUT2D eigenvalue weighted by Gasteiger charge is -2.09. The molecule has 0 aliphatic rings. The molecule has 0 saturated carbocycles. The molecule has 2 N–H and O–H groups in total. The second-order valence-corrected chi connectivity index (χ2v) is 6.06. The van der Waals surface area contributed by atoms with Crippen molar-refractivity contribution < 1.29 is 19.4 Å². The van der Waals surface area contributed by atoms with E-state index >= 15 is 0 Å². The molecular weight excluding hydrogens is 418 g/mol. The fourth-order valence-corrected chi connectivity index (χ4v) is 2.79. The summed E-state index contributed by atoms with van der Waals surface area (Å²) in [5.41, 5.74) is 0.668. The summed E-state index contributed by atoms with van der Waals surface area (Å²) in [6.45, 7) is -0.152. The molecule has 0 fully saturated rings. The monoisotopic (exact) mass is 427 g/mol. The summed E-state index contributed by atoms with van der Waals surface area (Å²) < 4.78 is 7.05. The molecule has 0 spiro atoms. The largest absolute Gasteiger partial charge is 0.483 e. The minimum atomic E-state index is -1.01. The maximum Gasteiger partial charge on any atom is 0.335 e. The van der Waals surface area contributed by atoms with E-state index in [0.717, 1.165) is 8.95 Å². The number of anilines is 1. The van der Waals surface area contributed by atoms with Crippen molar-refractivity contribution in [2.75, 3.05) is 11.9 Å². The predicted octanol–water partition coefficient (Wildman–Crippen LogP) is 3.93. The molecule has 0 unspecified atom stereocenters. The lowest BCUT2D eigenvalue weighted by Crippen LogP contribution is -2.20. The number of aromatic carboxylic acids is 1. The van der Waals surface area contributed by atoms with E-state index < -0.39 is 5.97 Å². The Labute approximate surface area is 143 Å². The zero-order valence-corrected chi connectivity index (χ0v) is 14.3. The van der Waals surface area contributed by atoms with Crippen LogP contribution in [0.2, 0.25) is 0 Å². The van der Waals surface area contributed by atoms with Crippen molar-refractivity contribution >= 4 is 49.4 Å². The molecule has 22 heavy (non-hydrogen) atoms. The minimum Gasteiger partial charge on any atom is -0.483 e. The quantitative estimate of drug-likeness (QED) is 0.756. The molecule has 0 radical (unpaired) electrons. The van der Waals surface area contributed by atoms with Crippen molar-refractivity contribution in [2.24, 2.45) is 0 Å². The van der Waals surface area contributed by atoms with Gasteiger partial charge >= 0.3 is 5.97 Å². The van der Waals surface area contributed by atoms with E-state index in [1.54, 1.807) is 6.07 Å². The van der Waals surface area contributed by atoms with Crippen LogP contribution >= 0.6 is 31.9 Å². The molecule has 7 heteroatoms. The van der Waals surface area contributed by atoms with E-state index in [1.807, 2.05) is 12.1 Å². The van der Waals surface area contributed by atoms with Crippen LogP contribution in [0.3, 0.4) is 0 Å². The fraction of sp³-hybridized carbons (Fsp3) is 0.0667. The SMILES string of the molecule is O=C(COc1ccc(Br)cc1Br)Nc1ccc(C(=O)O)cc1. The molecular formula is C15H11Br2NO4. The Morgan fingerprint density at radius 2 is 1.77 bits per heavy atom. The second kappa shape index (κ2) is 7.42. The summed E-state index contributed by atoms with van der Waals surface area (Å²) in [6.07, 6.45) is 0. The zero-order chi connectivity index (χ0) is 16.1. The van der Waals surface area contributed by atoms with Crippen LogP contribution in [0.25, 0.3) is 0 Å². The molecule has 0 aromatic heterocycles. The van der Waals surface area contributed by atoms with Crippen LogP contribution in [0, 0.1) is 0 Å². The molecule has 5 nitrogen and oxygen atoms in total. The number of carbonyl (C=O) groups excluding carboxylic acids is 1. The van der Waals surface area contributed by atoms with Gasteiger partial charge in [0.05, 0.1) is 10.0 Å². The topological polar surface area (TPSA) is 75.6 Å². The maximum absolute atomic E-state index is 11.8. The molecule has 1 amide bonds. The van der Waals surface area contributed by atoms with Crippen LogP contribution < -0.4 is 10.1 Å². The summed E-state index contributed by atoms with van der Waals surface area (Å²) in [4.78, 5) is 22.5. The highest BCUT2D eigenvalue weighted by atomic mass is 79.9. The van der Waals surface area contributed by atoms with Gasteiger partial charge in [-0.1, -0.05) is 15.9 Å². The summed E-state index contributed by atoms with van der Waals surface area (Å²) in [6, 6.07) is 11.3. The van der Waals surface area contributed by atoms with Gasteiger partial charge in [-0.05, 0) is 58.4 Å². The summed E-state index contributed by atoms with van der Waals surface area (Å²) in [5.74, 6) is -0.793. The van der Waals surface area contributed by atoms with Gasteiger partial charge in [0.2, 0.25) is 0 Å². The van der Waals surface area contributed by atoms with Gasteiger partial charge in [0.25, 0.3) is 5.91 Å². The lowest BCUT2D eigenvalue weighted by molar-refractivity contribution is -0.118. The highest BCUT2D eigenvalue weighted by Crippen LogP contribution is 2.28. The number of hydrogen-bond acceptors (Lipinski definition) is 3.